The SMILES string of the molecule is FC(F)Cn1ncc2ncc(N3CC4(CC(OCC56CC(F)(C5)C6)C4)C3)nc21. The number of hydrogen-bond donors (Lipinski definition) is 0. The van der Waals surface area contributed by atoms with Crippen molar-refractivity contribution in [1.29, 1.82) is 0 Å². The van der Waals surface area contributed by atoms with E-state index in [1.54, 1.807) is 6.20 Å². The third kappa shape index (κ3) is 2.47. The van der Waals surface area contributed by atoms with Crippen LogP contribution in [0.3, 0.4) is 0 Å². The molecular weight excluding hydrogens is 371 g/mol. The highest BCUT2D eigenvalue weighted by molar-refractivity contribution is 5.71. The van der Waals surface area contributed by atoms with Gasteiger partial charge in [0, 0.05) is 23.9 Å². The van der Waals surface area contributed by atoms with E-state index in [0.29, 0.717) is 42.9 Å². The minimum atomic E-state index is -2.48. The number of ether oxygens (including phenoxy) is 1. The fourth-order valence-corrected chi connectivity index (χ4v) is 5.77. The number of halogens is 3. The summed E-state index contributed by atoms with van der Waals surface area (Å²) in [6.07, 6.45) is 5.08. The molecule has 5 fully saturated rings. The molecule has 2 bridgehead atoms. The van der Waals surface area contributed by atoms with Gasteiger partial charge in [-0.15, -0.1) is 0 Å². The third-order valence-corrected chi connectivity index (χ3v) is 7.04. The highest BCUT2D eigenvalue weighted by atomic mass is 19.3. The Kier molecular flexibility index (Phi) is 3.26. The number of nitrogens with zero attached hydrogens (tertiary/aromatic N) is 5. The highest BCUT2D eigenvalue weighted by Crippen LogP contribution is 2.69. The van der Waals surface area contributed by atoms with Gasteiger partial charge in [-0.1, -0.05) is 0 Å². The van der Waals surface area contributed by atoms with E-state index in [4.69, 9.17) is 4.74 Å². The molecule has 1 spiro atoms. The van der Waals surface area contributed by atoms with E-state index in [9.17, 15) is 13.2 Å². The topological polar surface area (TPSA) is 56.1 Å². The maximum atomic E-state index is 13.6. The van der Waals surface area contributed by atoms with Crippen LogP contribution in [0.1, 0.15) is 32.1 Å². The maximum Gasteiger partial charge on any atom is 0.258 e. The van der Waals surface area contributed by atoms with Crippen LogP contribution < -0.4 is 4.90 Å². The molecule has 9 heteroatoms. The van der Waals surface area contributed by atoms with Gasteiger partial charge in [-0.05, 0) is 32.1 Å². The lowest BCUT2D eigenvalue weighted by atomic mass is 9.42. The maximum absolute atomic E-state index is 13.6. The summed E-state index contributed by atoms with van der Waals surface area (Å²) in [4.78, 5) is 11.0. The van der Waals surface area contributed by atoms with Crippen molar-refractivity contribution in [2.45, 2.75) is 56.8 Å². The van der Waals surface area contributed by atoms with Crippen LogP contribution in [0.5, 0.6) is 0 Å². The van der Waals surface area contributed by atoms with Crippen molar-refractivity contribution in [3.05, 3.63) is 12.4 Å². The van der Waals surface area contributed by atoms with Gasteiger partial charge >= 0.3 is 0 Å². The molecule has 5 aliphatic rings. The summed E-state index contributed by atoms with van der Waals surface area (Å²) < 4.78 is 46.2. The summed E-state index contributed by atoms with van der Waals surface area (Å²) in [5.74, 6) is 0.709. The van der Waals surface area contributed by atoms with E-state index in [2.05, 4.69) is 20.0 Å². The van der Waals surface area contributed by atoms with Crippen molar-refractivity contribution >= 4 is 17.0 Å². The van der Waals surface area contributed by atoms with Crippen LogP contribution in [-0.2, 0) is 11.3 Å². The highest BCUT2D eigenvalue weighted by Gasteiger charge is 2.69. The minimum Gasteiger partial charge on any atom is -0.378 e. The molecule has 0 unspecified atom stereocenters. The van der Waals surface area contributed by atoms with Crippen molar-refractivity contribution in [3.63, 3.8) is 0 Å². The Morgan fingerprint density at radius 1 is 1.18 bits per heavy atom. The molecule has 0 aromatic carbocycles. The smallest absolute Gasteiger partial charge is 0.258 e. The van der Waals surface area contributed by atoms with Crippen LogP contribution in [0.25, 0.3) is 11.2 Å². The van der Waals surface area contributed by atoms with E-state index in [1.807, 2.05) is 0 Å². The first kappa shape index (κ1) is 17.0. The average molecular weight is 393 g/mol. The number of alkyl halides is 3. The van der Waals surface area contributed by atoms with Crippen LogP contribution in [0, 0.1) is 10.8 Å². The molecule has 3 heterocycles. The molecule has 4 aliphatic carbocycles. The number of hydrogen-bond acceptors (Lipinski definition) is 5. The zero-order valence-electron chi connectivity index (χ0n) is 15.5. The molecule has 4 saturated carbocycles. The Hall–Kier alpha value is -1.90. The van der Waals surface area contributed by atoms with Crippen LogP contribution >= 0.6 is 0 Å². The van der Waals surface area contributed by atoms with Gasteiger partial charge in [-0.3, -0.25) is 0 Å². The van der Waals surface area contributed by atoms with Gasteiger partial charge < -0.3 is 9.64 Å². The summed E-state index contributed by atoms with van der Waals surface area (Å²) in [5.41, 5.74) is 0.490. The predicted molar refractivity (Wildman–Crippen MR) is 95.1 cm³/mol. The summed E-state index contributed by atoms with van der Waals surface area (Å²) in [6.45, 7) is 2.00. The summed E-state index contributed by atoms with van der Waals surface area (Å²) in [6, 6.07) is 0. The Morgan fingerprint density at radius 2 is 1.93 bits per heavy atom. The monoisotopic (exact) mass is 393 g/mol. The van der Waals surface area contributed by atoms with Crippen molar-refractivity contribution < 1.29 is 17.9 Å². The second-order valence-electron chi connectivity index (χ2n) is 9.53. The van der Waals surface area contributed by atoms with E-state index in [1.165, 1.54) is 10.9 Å². The molecule has 150 valence electrons. The summed E-state index contributed by atoms with van der Waals surface area (Å²) in [7, 11) is 0. The van der Waals surface area contributed by atoms with Crippen LogP contribution in [0.2, 0.25) is 0 Å². The third-order valence-electron chi connectivity index (χ3n) is 7.04. The quantitative estimate of drug-likeness (QED) is 0.755. The van der Waals surface area contributed by atoms with Crippen molar-refractivity contribution in [2.24, 2.45) is 10.8 Å². The summed E-state index contributed by atoms with van der Waals surface area (Å²) in [5, 5.41) is 3.96. The first-order valence-corrected chi connectivity index (χ1v) is 9.87. The van der Waals surface area contributed by atoms with Gasteiger partial charge in [0.2, 0.25) is 0 Å². The molecule has 1 saturated heterocycles. The number of anilines is 1. The molecule has 7 rings (SSSR count). The first-order valence-electron chi connectivity index (χ1n) is 9.87. The van der Waals surface area contributed by atoms with Crippen molar-refractivity contribution in [1.82, 2.24) is 19.7 Å². The molecular formula is C19H22F3N5O. The van der Waals surface area contributed by atoms with E-state index in [-0.39, 0.29) is 16.9 Å². The number of rotatable bonds is 6. The molecule has 2 aromatic heterocycles. The second kappa shape index (κ2) is 5.37. The molecule has 0 N–H and O–H groups in total. The van der Waals surface area contributed by atoms with Crippen LogP contribution in [0.15, 0.2) is 12.4 Å². The standard InChI is InChI=1S/C19H22F3N5O/c20-14(21)5-27-16-13(3-24-27)23-4-15(25-16)26-9-17(10-26)1-12(2-17)28-11-18-6-19(22,7-18)8-18/h3-4,12,14H,1-2,5-11H2. The summed E-state index contributed by atoms with van der Waals surface area (Å²) >= 11 is 0. The fraction of sp³-hybridized carbons (Fsp3) is 0.737. The van der Waals surface area contributed by atoms with Gasteiger partial charge in [-0.2, -0.15) is 5.10 Å². The number of fused-ring (bicyclic) bond motifs is 1. The zero-order valence-corrected chi connectivity index (χ0v) is 15.5. The van der Waals surface area contributed by atoms with Crippen molar-refractivity contribution in [3.8, 4) is 0 Å². The second-order valence-corrected chi connectivity index (χ2v) is 9.53. The average Bonchev–Trinajstić information content (AvgIpc) is 2.90. The lowest BCUT2D eigenvalue weighted by Gasteiger charge is -2.66. The van der Waals surface area contributed by atoms with Crippen molar-refractivity contribution in [2.75, 3.05) is 24.6 Å². The minimum absolute atomic E-state index is 0.148. The Bertz CT molecular complexity index is 913. The Morgan fingerprint density at radius 3 is 2.61 bits per heavy atom. The lowest BCUT2D eigenvalue weighted by Crippen LogP contribution is -2.68. The predicted octanol–water partition coefficient (Wildman–Crippen LogP) is 2.97. The van der Waals surface area contributed by atoms with Gasteiger partial charge in [-0.25, -0.2) is 27.8 Å². The Balaban J connectivity index is 1.04. The molecule has 28 heavy (non-hydrogen) atoms. The molecule has 6 nitrogen and oxygen atoms in total. The number of aromatic nitrogens is 4. The molecule has 1 aliphatic heterocycles. The van der Waals surface area contributed by atoms with Crippen LogP contribution in [-0.4, -0.2) is 57.6 Å². The normalized spacial score (nSPS) is 32.9. The fourth-order valence-electron chi connectivity index (χ4n) is 5.77. The zero-order chi connectivity index (χ0) is 19.1. The van der Waals surface area contributed by atoms with Gasteiger partial charge in [0.05, 0.1) is 25.1 Å². The molecule has 0 atom stereocenters. The molecule has 0 radical (unpaired) electrons. The largest absolute Gasteiger partial charge is 0.378 e. The first-order chi connectivity index (χ1) is 13.4. The van der Waals surface area contributed by atoms with E-state index >= 15 is 0 Å². The van der Waals surface area contributed by atoms with E-state index < -0.39 is 18.6 Å². The van der Waals surface area contributed by atoms with Gasteiger partial charge in [0.1, 0.15) is 23.5 Å². The molecule has 2 aromatic rings. The van der Waals surface area contributed by atoms with E-state index in [0.717, 1.165) is 25.9 Å². The molecule has 0 amide bonds. The lowest BCUT2D eigenvalue weighted by molar-refractivity contribution is -0.253. The Labute approximate surface area is 160 Å². The van der Waals surface area contributed by atoms with Crippen LogP contribution in [0.4, 0.5) is 19.0 Å². The van der Waals surface area contributed by atoms with Gasteiger partial charge in [0.15, 0.2) is 5.65 Å². The van der Waals surface area contributed by atoms with Gasteiger partial charge in [0.25, 0.3) is 6.43 Å².